The van der Waals surface area contributed by atoms with E-state index in [1.807, 2.05) is 6.92 Å². The highest BCUT2D eigenvalue weighted by Crippen LogP contribution is 2.38. The number of carboxylic acid groups (broad SMARTS) is 1. The third kappa shape index (κ3) is 5.07. The summed E-state index contributed by atoms with van der Waals surface area (Å²) < 4.78 is 5.10. The van der Waals surface area contributed by atoms with Gasteiger partial charge in [0.1, 0.15) is 5.75 Å². The molecule has 0 spiro atoms. The maximum absolute atomic E-state index is 12.5. The number of ether oxygens (including phenoxy) is 1. The highest BCUT2D eigenvalue weighted by atomic mass is 16.5. The van der Waals surface area contributed by atoms with Crippen molar-refractivity contribution in [3.8, 4) is 5.75 Å². The summed E-state index contributed by atoms with van der Waals surface area (Å²) in [5.41, 5.74) is 1.45. The number of amides is 2. The van der Waals surface area contributed by atoms with Crippen molar-refractivity contribution in [1.29, 1.82) is 0 Å². The Morgan fingerprint density at radius 3 is 2.41 bits per heavy atom. The van der Waals surface area contributed by atoms with Gasteiger partial charge in [-0.1, -0.05) is 19.1 Å². The first-order chi connectivity index (χ1) is 12.9. The Balaban J connectivity index is 1.64. The Hall–Kier alpha value is -3.35. The SMILES string of the molecule is CC1CC1C(=O)Nc1cccc(C(=O)Nc2cccc(OCC(=O)O)c2)c1. The number of hydrogen-bond acceptors (Lipinski definition) is 4. The minimum atomic E-state index is -1.08. The van der Waals surface area contributed by atoms with E-state index in [0.29, 0.717) is 28.6 Å². The molecule has 1 aliphatic rings. The molecular weight excluding hydrogens is 348 g/mol. The Morgan fingerprint density at radius 2 is 1.74 bits per heavy atom. The quantitative estimate of drug-likeness (QED) is 0.697. The first kappa shape index (κ1) is 18.4. The van der Waals surface area contributed by atoms with Crippen LogP contribution < -0.4 is 15.4 Å². The van der Waals surface area contributed by atoms with Crippen LogP contribution in [0.4, 0.5) is 11.4 Å². The molecule has 2 aromatic carbocycles. The zero-order chi connectivity index (χ0) is 19.4. The molecule has 0 heterocycles. The molecule has 0 bridgehead atoms. The fourth-order valence-corrected chi connectivity index (χ4v) is 2.67. The molecule has 27 heavy (non-hydrogen) atoms. The molecule has 0 aromatic heterocycles. The molecule has 7 nitrogen and oxygen atoms in total. The third-order valence-corrected chi connectivity index (χ3v) is 4.29. The van der Waals surface area contributed by atoms with Crippen molar-refractivity contribution in [1.82, 2.24) is 0 Å². The molecular formula is C20H20N2O5. The molecule has 0 saturated heterocycles. The Kier molecular flexibility index (Phi) is 5.40. The van der Waals surface area contributed by atoms with Gasteiger partial charge in [0.05, 0.1) is 0 Å². The smallest absolute Gasteiger partial charge is 0.341 e. The van der Waals surface area contributed by atoms with Crippen LogP contribution in [0.2, 0.25) is 0 Å². The second kappa shape index (κ2) is 7.90. The van der Waals surface area contributed by atoms with E-state index in [0.717, 1.165) is 6.42 Å². The van der Waals surface area contributed by atoms with E-state index in [1.54, 1.807) is 48.5 Å². The molecule has 140 valence electrons. The maximum atomic E-state index is 12.5. The van der Waals surface area contributed by atoms with E-state index in [4.69, 9.17) is 9.84 Å². The summed E-state index contributed by atoms with van der Waals surface area (Å²) in [5.74, 6) is -0.647. The van der Waals surface area contributed by atoms with Crippen LogP contribution in [0.5, 0.6) is 5.75 Å². The molecule has 2 atom stereocenters. The average Bonchev–Trinajstić information content (AvgIpc) is 3.37. The molecule has 3 rings (SSSR count). The second-order valence-corrected chi connectivity index (χ2v) is 6.55. The predicted molar refractivity (Wildman–Crippen MR) is 99.9 cm³/mol. The van der Waals surface area contributed by atoms with Crippen LogP contribution in [0.15, 0.2) is 48.5 Å². The number of aliphatic carboxylic acids is 1. The van der Waals surface area contributed by atoms with Crippen LogP contribution >= 0.6 is 0 Å². The lowest BCUT2D eigenvalue weighted by Gasteiger charge is -2.10. The van der Waals surface area contributed by atoms with Gasteiger partial charge in [-0.2, -0.15) is 0 Å². The fraction of sp³-hybridized carbons (Fsp3) is 0.250. The normalized spacial score (nSPS) is 17.7. The predicted octanol–water partition coefficient (Wildman–Crippen LogP) is 3.00. The number of nitrogens with one attached hydrogen (secondary N) is 2. The standard InChI is InChI=1S/C20H20N2O5/c1-12-8-17(12)20(26)22-14-5-2-4-13(9-14)19(25)21-15-6-3-7-16(10-15)27-11-18(23)24/h2-7,9-10,12,17H,8,11H2,1H3,(H,21,25)(H,22,26)(H,23,24). The topological polar surface area (TPSA) is 105 Å². The molecule has 1 aliphatic carbocycles. The summed E-state index contributed by atoms with van der Waals surface area (Å²) in [6, 6.07) is 13.2. The van der Waals surface area contributed by atoms with Crippen molar-refractivity contribution in [3.63, 3.8) is 0 Å². The number of hydrogen-bond donors (Lipinski definition) is 3. The van der Waals surface area contributed by atoms with E-state index in [-0.39, 0.29) is 17.7 Å². The van der Waals surface area contributed by atoms with Gasteiger partial charge in [0.15, 0.2) is 6.61 Å². The molecule has 2 aromatic rings. The molecule has 3 N–H and O–H groups in total. The van der Waals surface area contributed by atoms with Crippen molar-refractivity contribution in [2.45, 2.75) is 13.3 Å². The van der Waals surface area contributed by atoms with E-state index in [1.165, 1.54) is 0 Å². The zero-order valence-corrected chi connectivity index (χ0v) is 14.8. The molecule has 1 fully saturated rings. The molecule has 2 amide bonds. The lowest BCUT2D eigenvalue weighted by atomic mass is 10.1. The number of carbonyl (C=O) groups is 3. The Labute approximate surface area is 156 Å². The number of benzene rings is 2. The van der Waals surface area contributed by atoms with E-state index >= 15 is 0 Å². The largest absolute Gasteiger partial charge is 0.482 e. The summed E-state index contributed by atoms with van der Waals surface area (Å²) in [6.45, 7) is 1.57. The summed E-state index contributed by atoms with van der Waals surface area (Å²) in [6.07, 6.45) is 0.895. The first-order valence-electron chi connectivity index (χ1n) is 8.59. The second-order valence-electron chi connectivity index (χ2n) is 6.55. The summed E-state index contributed by atoms with van der Waals surface area (Å²) in [4.78, 5) is 35.1. The third-order valence-electron chi connectivity index (χ3n) is 4.29. The maximum Gasteiger partial charge on any atom is 0.341 e. The molecule has 0 radical (unpaired) electrons. The van der Waals surface area contributed by atoms with Crippen molar-refractivity contribution in [3.05, 3.63) is 54.1 Å². The van der Waals surface area contributed by atoms with E-state index < -0.39 is 12.6 Å². The number of carboxylic acids is 1. The van der Waals surface area contributed by atoms with Gasteiger partial charge < -0.3 is 20.5 Å². The van der Waals surface area contributed by atoms with Crippen LogP contribution in [-0.2, 0) is 9.59 Å². The molecule has 0 aliphatic heterocycles. The first-order valence-corrected chi connectivity index (χ1v) is 8.59. The van der Waals surface area contributed by atoms with Gasteiger partial charge in [-0.15, -0.1) is 0 Å². The molecule has 1 saturated carbocycles. The van der Waals surface area contributed by atoms with Gasteiger partial charge >= 0.3 is 5.97 Å². The van der Waals surface area contributed by atoms with Gasteiger partial charge in [-0.05, 0) is 42.7 Å². The van der Waals surface area contributed by atoms with E-state index in [9.17, 15) is 14.4 Å². The van der Waals surface area contributed by atoms with Crippen LogP contribution in [0.1, 0.15) is 23.7 Å². The summed E-state index contributed by atoms with van der Waals surface area (Å²) in [7, 11) is 0. The lowest BCUT2D eigenvalue weighted by Crippen LogP contribution is -2.16. The van der Waals surface area contributed by atoms with Crippen molar-refractivity contribution >= 4 is 29.2 Å². The van der Waals surface area contributed by atoms with Crippen molar-refractivity contribution in [2.24, 2.45) is 11.8 Å². The van der Waals surface area contributed by atoms with E-state index in [2.05, 4.69) is 10.6 Å². The highest BCUT2D eigenvalue weighted by Gasteiger charge is 2.39. The van der Waals surface area contributed by atoms with Crippen LogP contribution in [0, 0.1) is 11.8 Å². The Morgan fingerprint density at radius 1 is 1.07 bits per heavy atom. The fourth-order valence-electron chi connectivity index (χ4n) is 2.67. The van der Waals surface area contributed by atoms with Gasteiger partial charge in [0.2, 0.25) is 5.91 Å². The van der Waals surface area contributed by atoms with Gasteiger partial charge in [0.25, 0.3) is 5.91 Å². The minimum Gasteiger partial charge on any atom is -0.482 e. The summed E-state index contributed by atoms with van der Waals surface area (Å²) in [5, 5.41) is 14.2. The van der Waals surface area contributed by atoms with Crippen molar-refractivity contribution < 1.29 is 24.2 Å². The van der Waals surface area contributed by atoms with Crippen LogP contribution in [0.25, 0.3) is 0 Å². The van der Waals surface area contributed by atoms with Crippen molar-refractivity contribution in [2.75, 3.05) is 17.2 Å². The molecule has 2 unspecified atom stereocenters. The minimum absolute atomic E-state index is 0.0247. The number of anilines is 2. The zero-order valence-electron chi connectivity index (χ0n) is 14.8. The van der Waals surface area contributed by atoms with Gasteiger partial charge in [-0.25, -0.2) is 4.79 Å². The number of carbonyl (C=O) groups excluding carboxylic acids is 2. The highest BCUT2D eigenvalue weighted by molar-refractivity contribution is 6.05. The van der Waals surface area contributed by atoms with Gasteiger partial charge in [0, 0.05) is 28.9 Å². The molecule has 7 heteroatoms. The van der Waals surface area contributed by atoms with Gasteiger partial charge in [-0.3, -0.25) is 9.59 Å². The number of rotatable bonds is 7. The summed E-state index contributed by atoms with van der Waals surface area (Å²) >= 11 is 0. The Bertz CT molecular complexity index is 880. The van der Waals surface area contributed by atoms with Crippen LogP contribution in [-0.4, -0.2) is 29.5 Å². The average molecular weight is 368 g/mol. The monoisotopic (exact) mass is 368 g/mol. The van der Waals surface area contributed by atoms with Crippen LogP contribution in [0.3, 0.4) is 0 Å². The lowest BCUT2D eigenvalue weighted by molar-refractivity contribution is -0.139.